The molecule has 0 aliphatic rings. The summed E-state index contributed by atoms with van der Waals surface area (Å²) in [5.41, 5.74) is 4.29. The summed E-state index contributed by atoms with van der Waals surface area (Å²) in [6.07, 6.45) is 1.52. The molecule has 1 amide bonds. The number of aryl methyl sites for hydroxylation is 1. The van der Waals surface area contributed by atoms with Crippen LogP contribution < -0.4 is 14.8 Å². The van der Waals surface area contributed by atoms with Crippen molar-refractivity contribution in [1.29, 1.82) is 5.26 Å². The summed E-state index contributed by atoms with van der Waals surface area (Å²) in [6, 6.07) is 19.0. The molecule has 7 heteroatoms. The minimum Gasteiger partial charge on any atom is -0.493 e. The lowest BCUT2D eigenvalue weighted by molar-refractivity contribution is -0.112. The molecular formula is C26H22Br2N2O3. The number of carbonyl (C=O) groups is 1. The lowest BCUT2D eigenvalue weighted by Gasteiger charge is -2.13. The van der Waals surface area contributed by atoms with Gasteiger partial charge in [0.2, 0.25) is 0 Å². The van der Waals surface area contributed by atoms with Gasteiger partial charge in [0.05, 0.1) is 7.11 Å². The van der Waals surface area contributed by atoms with Crippen molar-refractivity contribution in [2.24, 2.45) is 0 Å². The fourth-order valence-corrected chi connectivity index (χ4v) is 3.76. The molecule has 0 aliphatic heterocycles. The van der Waals surface area contributed by atoms with Crippen molar-refractivity contribution in [2.45, 2.75) is 20.5 Å². The summed E-state index contributed by atoms with van der Waals surface area (Å²) in [7, 11) is 1.54. The minimum absolute atomic E-state index is 0.0257. The Morgan fingerprint density at radius 2 is 1.82 bits per heavy atom. The van der Waals surface area contributed by atoms with Gasteiger partial charge in [-0.2, -0.15) is 5.26 Å². The molecule has 3 rings (SSSR count). The van der Waals surface area contributed by atoms with Crippen LogP contribution in [0.5, 0.6) is 11.5 Å². The number of hydrogen-bond donors (Lipinski definition) is 1. The van der Waals surface area contributed by atoms with Crippen LogP contribution in [0.2, 0.25) is 0 Å². The second kappa shape index (κ2) is 11.2. The molecule has 0 fully saturated rings. The predicted octanol–water partition coefficient (Wildman–Crippen LogP) is 6.96. The van der Waals surface area contributed by atoms with Crippen molar-refractivity contribution >= 4 is 49.5 Å². The summed E-state index contributed by atoms with van der Waals surface area (Å²) >= 11 is 6.93. The molecule has 0 aromatic heterocycles. The van der Waals surface area contributed by atoms with E-state index in [1.807, 2.05) is 62.4 Å². The molecular weight excluding hydrogens is 548 g/mol. The first-order valence-electron chi connectivity index (χ1n) is 10.1. The van der Waals surface area contributed by atoms with Crippen molar-refractivity contribution in [1.82, 2.24) is 0 Å². The highest BCUT2D eigenvalue weighted by molar-refractivity contribution is 9.10. The molecule has 3 aromatic rings. The number of carbonyl (C=O) groups excluding carboxylic acids is 1. The number of benzene rings is 3. The SMILES string of the molecule is COc1cc(C=C(C#N)C(=O)Nc2cccc(C)c2C)c(Br)cc1OCc1ccc(Br)cc1. The van der Waals surface area contributed by atoms with Gasteiger partial charge in [0.25, 0.3) is 5.91 Å². The first kappa shape index (κ1) is 24.6. The molecule has 0 atom stereocenters. The van der Waals surface area contributed by atoms with E-state index in [0.717, 1.165) is 21.2 Å². The highest BCUT2D eigenvalue weighted by atomic mass is 79.9. The topological polar surface area (TPSA) is 71.3 Å². The maximum Gasteiger partial charge on any atom is 0.266 e. The van der Waals surface area contributed by atoms with Crippen LogP contribution in [0.25, 0.3) is 6.08 Å². The van der Waals surface area contributed by atoms with Gasteiger partial charge in [0.1, 0.15) is 18.2 Å². The number of nitrogens with one attached hydrogen (secondary N) is 1. The number of halogens is 2. The Morgan fingerprint density at radius 1 is 1.09 bits per heavy atom. The fourth-order valence-electron chi connectivity index (χ4n) is 3.06. The molecule has 0 unspecified atom stereocenters. The highest BCUT2D eigenvalue weighted by Crippen LogP contribution is 2.35. The molecule has 0 bridgehead atoms. The average molecular weight is 570 g/mol. The van der Waals surface area contributed by atoms with Crippen LogP contribution in [-0.2, 0) is 11.4 Å². The molecule has 0 radical (unpaired) electrons. The zero-order chi connectivity index (χ0) is 24.0. The summed E-state index contributed by atoms with van der Waals surface area (Å²) in [4.78, 5) is 12.8. The summed E-state index contributed by atoms with van der Waals surface area (Å²) in [5, 5.41) is 12.4. The van der Waals surface area contributed by atoms with Crippen LogP contribution in [0.3, 0.4) is 0 Å². The smallest absolute Gasteiger partial charge is 0.266 e. The zero-order valence-electron chi connectivity index (χ0n) is 18.4. The number of nitrogens with zero attached hydrogens (tertiary/aromatic N) is 1. The quantitative estimate of drug-likeness (QED) is 0.246. The van der Waals surface area contributed by atoms with Gasteiger partial charge in [-0.1, -0.05) is 56.1 Å². The zero-order valence-corrected chi connectivity index (χ0v) is 21.6. The number of amides is 1. The summed E-state index contributed by atoms with van der Waals surface area (Å²) in [5.74, 6) is 0.559. The van der Waals surface area contributed by atoms with Gasteiger partial charge in [-0.05, 0) is 72.5 Å². The second-order valence-electron chi connectivity index (χ2n) is 7.31. The fraction of sp³-hybridized carbons (Fsp3) is 0.154. The Morgan fingerprint density at radius 3 is 2.48 bits per heavy atom. The third kappa shape index (κ3) is 6.25. The molecule has 0 heterocycles. The molecule has 168 valence electrons. The molecule has 0 spiro atoms. The largest absolute Gasteiger partial charge is 0.493 e. The lowest BCUT2D eigenvalue weighted by atomic mass is 10.1. The molecule has 1 N–H and O–H groups in total. The standard InChI is InChI=1S/C26H22Br2N2O3/c1-16-5-4-6-23(17(16)2)30-26(31)20(14-29)11-19-12-24(32-3)25(13-22(19)28)33-15-18-7-9-21(27)10-8-18/h4-13H,15H2,1-3H3,(H,30,31). The van der Waals surface area contributed by atoms with Gasteiger partial charge in [-0.25, -0.2) is 0 Å². The monoisotopic (exact) mass is 568 g/mol. The first-order valence-corrected chi connectivity index (χ1v) is 11.6. The van der Waals surface area contributed by atoms with E-state index in [-0.39, 0.29) is 5.57 Å². The number of rotatable bonds is 7. The third-order valence-electron chi connectivity index (χ3n) is 5.11. The van der Waals surface area contributed by atoms with Crippen LogP contribution in [0.4, 0.5) is 5.69 Å². The number of hydrogen-bond acceptors (Lipinski definition) is 4. The Labute approximate surface area is 210 Å². The van der Waals surface area contributed by atoms with E-state index in [2.05, 4.69) is 37.2 Å². The Kier molecular flexibility index (Phi) is 8.32. The number of nitriles is 1. The summed E-state index contributed by atoms with van der Waals surface area (Å²) in [6.45, 7) is 4.26. The predicted molar refractivity (Wildman–Crippen MR) is 137 cm³/mol. The van der Waals surface area contributed by atoms with E-state index in [4.69, 9.17) is 9.47 Å². The lowest BCUT2D eigenvalue weighted by Crippen LogP contribution is -2.14. The Bertz CT molecular complexity index is 1250. The molecule has 3 aromatic carbocycles. The Balaban J connectivity index is 1.83. The van der Waals surface area contributed by atoms with Gasteiger partial charge in [0, 0.05) is 14.6 Å². The van der Waals surface area contributed by atoms with E-state index >= 15 is 0 Å². The molecule has 0 saturated carbocycles. The molecule has 0 aliphatic carbocycles. The first-order chi connectivity index (χ1) is 15.8. The van der Waals surface area contributed by atoms with Crippen LogP contribution in [-0.4, -0.2) is 13.0 Å². The van der Waals surface area contributed by atoms with E-state index in [1.54, 1.807) is 19.2 Å². The normalized spacial score (nSPS) is 11.0. The van der Waals surface area contributed by atoms with Crippen molar-refractivity contribution in [3.63, 3.8) is 0 Å². The van der Waals surface area contributed by atoms with Gasteiger partial charge in [-0.3, -0.25) is 4.79 Å². The van der Waals surface area contributed by atoms with Crippen molar-refractivity contribution in [3.8, 4) is 17.6 Å². The van der Waals surface area contributed by atoms with Crippen molar-refractivity contribution in [2.75, 3.05) is 12.4 Å². The number of methoxy groups -OCH3 is 1. The maximum atomic E-state index is 12.8. The molecule has 0 saturated heterocycles. The molecule has 33 heavy (non-hydrogen) atoms. The van der Waals surface area contributed by atoms with Gasteiger partial charge >= 0.3 is 0 Å². The highest BCUT2D eigenvalue weighted by Gasteiger charge is 2.15. The maximum absolute atomic E-state index is 12.8. The van der Waals surface area contributed by atoms with Crippen molar-refractivity contribution in [3.05, 3.63) is 91.4 Å². The van der Waals surface area contributed by atoms with E-state index in [9.17, 15) is 10.1 Å². The number of ether oxygens (including phenoxy) is 2. The van der Waals surface area contributed by atoms with Gasteiger partial charge < -0.3 is 14.8 Å². The van der Waals surface area contributed by atoms with Gasteiger partial charge in [-0.15, -0.1) is 0 Å². The Hall–Kier alpha value is -3.08. The minimum atomic E-state index is -0.479. The van der Waals surface area contributed by atoms with Crippen LogP contribution in [0, 0.1) is 25.2 Å². The third-order valence-corrected chi connectivity index (χ3v) is 6.32. The number of anilines is 1. The van der Waals surface area contributed by atoms with Crippen LogP contribution in [0.1, 0.15) is 22.3 Å². The van der Waals surface area contributed by atoms with Crippen molar-refractivity contribution < 1.29 is 14.3 Å². The van der Waals surface area contributed by atoms with E-state index < -0.39 is 5.91 Å². The van der Waals surface area contributed by atoms with E-state index in [1.165, 1.54) is 6.08 Å². The second-order valence-corrected chi connectivity index (χ2v) is 9.08. The average Bonchev–Trinajstić information content (AvgIpc) is 2.81. The van der Waals surface area contributed by atoms with Gasteiger partial charge in [0.15, 0.2) is 11.5 Å². The van der Waals surface area contributed by atoms with E-state index in [0.29, 0.717) is 33.8 Å². The summed E-state index contributed by atoms with van der Waals surface area (Å²) < 4.78 is 13.1. The van der Waals surface area contributed by atoms with Crippen LogP contribution in [0.15, 0.2) is 69.1 Å². The molecule has 5 nitrogen and oxygen atoms in total. The van der Waals surface area contributed by atoms with Crippen LogP contribution >= 0.6 is 31.9 Å².